The molecule has 230 valence electrons. The Bertz CT molecular complexity index is 1640. The molecule has 3 heterocycles. The van der Waals surface area contributed by atoms with Gasteiger partial charge in [-0.1, -0.05) is 17.7 Å². The molecule has 5 rings (SSSR count). The molecule has 0 aliphatic carbocycles. The molecule has 0 radical (unpaired) electrons. The molecular formula is C28H27ClF4N4O5S. The Morgan fingerprint density at radius 2 is 1.91 bits per heavy atom. The number of carboxylic acids is 1. The van der Waals surface area contributed by atoms with Gasteiger partial charge in [-0.2, -0.15) is 13.2 Å². The minimum atomic E-state index is -4.76. The predicted octanol–water partition coefficient (Wildman–Crippen LogP) is 5.29. The van der Waals surface area contributed by atoms with E-state index in [0.717, 1.165) is 22.5 Å². The summed E-state index contributed by atoms with van der Waals surface area (Å²) in [6.07, 6.45) is -4.97. The van der Waals surface area contributed by atoms with Gasteiger partial charge in [0.15, 0.2) is 5.82 Å². The van der Waals surface area contributed by atoms with Crippen LogP contribution in [0.2, 0.25) is 5.02 Å². The maximum absolute atomic E-state index is 14.0. The number of pyridine rings is 1. The number of carboxylic acid groups (broad SMARTS) is 1. The molecule has 2 aromatic carbocycles. The van der Waals surface area contributed by atoms with Crippen molar-refractivity contribution >= 4 is 39.1 Å². The Kier molecular flexibility index (Phi) is 8.47. The van der Waals surface area contributed by atoms with Crippen LogP contribution in [0.4, 0.5) is 29.1 Å². The highest BCUT2D eigenvalue weighted by molar-refractivity contribution is 7.92. The second-order valence-electron chi connectivity index (χ2n) is 10.3. The molecule has 1 fully saturated rings. The summed E-state index contributed by atoms with van der Waals surface area (Å²) in [4.78, 5) is 19.0. The first-order valence-electron chi connectivity index (χ1n) is 13.2. The lowest BCUT2D eigenvalue weighted by Crippen LogP contribution is -2.61. The van der Waals surface area contributed by atoms with Crippen LogP contribution >= 0.6 is 11.6 Å². The molecule has 3 aromatic rings. The number of aromatic nitrogens is 1. The third kappa shape index (κ3) is 6.65. The molecule has 1 unspecified atom stereocenters. The molecule has 0 spiro atoms. The number of anilines is 2. The van der Waals surface area contributed by atoms with Crippen LogP contribution in [-0.2, 0) is 21.0 Å². The summed E-state index contributed by atoms with van der Waals surface area (Å²) in [6, 6.07) is 9.14. The normalized spacial score (nSPS) is 18.1. The van der Waals surface area contributed by atoms with E-state index in [1.165, 1.54) is 25.3 Å². The smallest absolute Gasteiger partial charge is 0.416 e. The largest absolute Gasteiger partial charge is 0.481 e. The summed E-state index contributed by atoms with van der Waals surface area (Å²) in [7, 11) is -4.53. The Morgan fingerprint density at radius 3 is 2.60 bits per heavy atom. The van der Waals surface area contributed by atoms with Crippen molar-refractivity contribution in [1.29, 1.82) is 0 Å². The number of alkyl halides is 4. The summed E-state index contributed by atoms with van der Waals surface area (Å²) < 4.78 is 88.2. The van der Waals surface area contributed by atoms with Crippen LogP contribution in [0, 0.1) is 0 Å². The van der Waals surface area contributed by atoms with Gasteiger partial charge in [-0.25, -0.2) is 17.8 Å². The fourth-order valence-electron chi connectivity index (χ4n) is 5.28. The first kappa shape index (κ1) is 30.8. The molecule has 2 aliphatic heterocycles. The van der Waals surface area contributed by atoms with Gasteiger partial charge in [0.2, 0.25) is 6.36 Å². The summed E-state index contributed by atoms with van der Waals surface area (Å²) in [6.45, 7) is 2.59. The number of rotatable bonds is 8. The fraction of sp³-hybridized carbons (Fsp3) is 0.357. The van der Waals surface area contributed by atoms with Crippen molar-refractivity contribution in [3.63, 3.8) is 0 Å². The lowest BCUT2D eigenvalue weighted by molar-refractivity contribution is -0.138. The third-order valence-electron chi connectivity index (χ3n) is 7.23. The molecule has 43 heavy (non-hydrogen) atoms. The topological polar surface area (TPSA) is 103 Å². The van der Waals surface area contributed by atoms with Crippen molar-refractivity contribution in [3.05, 3.63) is 65.3 Å². The number of fused-ring (bicyclic) bond motifs is 3. The van der Waals surface area contributed by atoms with Crippen LogP contribution in [0.15, 0.2) is 59.6 Å². The monoisotopic (exact) mass is 642 g/mol. The van der Waals surface area contributed by atoms with E-state index < -0.39 is 45.0 Å². The Balaban J connectivity index is 1.60. The lowest BCUT2D eigenvalue weighted by atomic mass is 10.0. The SMILES string of the molecule is CC(F)Oc1cc(Cl)cc(-c2cnc3c(c2)N(S(=O)(=O)c2cccc(C(F)(F)F)c2)C[C@@H]2CN(CCC(=O)O)CCN32)c1. The first-order valence-corrected chi connectivity index (χ1v) is 15.1. The summed E-state index contributed by atoms with van der Waals surface area (Å²) >= 11 is 6.24. The van der Waals surface area contributed by atoms with E-state index in [2.05, 4.69) is 4.98 Å². The maximum atomic E-state index is 14.0. The zero-order valence-corrected chi connectivity index (χ0v) is 24.3. The van der Waals surface area contributed by atoms with Gasteiger partial charge in [0, 0.05) is 49.9 Å². The quantitative estimate of drug-likeness (QED) is 0.331. The number of aliphatic carboxylic acids is 1. The molecular weight excluding hydrogens is 616 g/mol. The molecule has 1 N–H and O–H groups in total. The second kappa shape index (κ2) is 11.8. The van der Waals surface area contributed by atoms with E-state index in [1.807, 2.05) is 9.80 Å². The van der Waals surface area contributed by atoms with Gasteiger partial charge in [-0.15, -0.1) is 0 Å². The highest BCUT2D eigenvalue weighted by Gasteiger charge is 2.41. The van der Waals surface area contributed by atoms with E-state index in [9.17, 15) is 30.8 Å². The number of piperazine rings is 1. The summed E-state index contributed by atoms with van der Waals surface area (Å²) in [5.41, 5.74) is -0.0901. The molecule has 1 aromatic heterocycles. The zero-order chi connectivity index (χ0) is 31.1. The number of hydrogen-bond acceptors (Lipinski definition) is 7. The van der Waals surface area contributed by atoms with Crippen LogP contribution in [0.1, 0.15) is 18.9 Å². The van der Waals surface area contributed by atoms with Crippen molar-refractivity contribution in [1.82, 2.24) is 9.88 Å². The minimum Gasteiger partial charge on any atom is -0.481 e. The van der Waals surface area contributed by atoms with Crippen molar-refractivity contribution in [2.24, 2.45) is 0 Å². The average molecular weight is 643 g/mol. The molecule has 1 saturated heterocycles. The average Bonchev–Trinajstić information content (AvgIpc) is 2.94. The predicted molar refractivity (Wildman–Crippen MR) is 152 cm³/mol. The molecule has 0 bridgehead atoms. The van der Waals surface area contributed by atoms with Gasteiger partial charge < -0.3 is 14.7 Å². The van der Waals surface area contributed by atoms with Gasteiger partial charge >= 0.3 is 12.1 Å². The fourth-order valence-corrected chi connectivity index (χ4v) is 7.05. The molecule has 0 saturated carbocycles. The summed E-state index contributed by atoms with van der Waals surface area (Å²) in [5.74, 6) is -0.513. The number of carbonyl (C=O) groups is 1. The van der Waals surface area contributed by atoms with Crippen LogP contribution in [0.5, 0.6) is 5.75 Å². The minimum absolute atomic E-state index is 0.0936. The van der Waals surface area contributed by atoms with Gasteiger partial charge in [-0.3, -0.25) is 14.0 Å². The van der Waals surface area contributed by atoms with Crippen LogP contribution in [0.25, 0.3) is 11.1 Å². The molecule has 9 nitrogen and oxygen atoms in total. The van der Waals surface area contributed by atoms with Crippen molar-refractivity contribution in [2.45, 2.75) is 36.8 Å². The third-order valence-corrected chi connectivity index (χ3v) is 9.22. The van der Waals surface area contributed by atoms with Crippen molar-refractivity contribution < 1.29 is 40.6 Å². The number of sulfonamides is 1. The van der Waals surface area contributed by atoms with Gasteiger partial charge in [0.25, 0.3) is 10.0 Å². The van der Waals surface area contributed by atoms with E-state index >= 15 is 0 Å². The summed E-state index contributed by atoms with van der Waals surface area (Å²) in [5, 5.41) is 9.34. The molecule has 2 atom stereocenters. The first-order chi connectivity index (χ1) is 20.2. The lowest BCUT2D eigenvalue weighted by Gasteiger charge is -2.48. The van der Waals surface area contributed by atoms with Gasteiger partial charge in [0.1, 0.15) is 5.75 Å². The van der Waals surface area contributed by atoms with E-state index in [0.29, 0.717) is 42.6 Å². The zero-order valence-electron chi connectivity index (χ0n) is 22.8. The van der Waals surface area contributed by atoms with Crippen LogP contribution < -0.4 is 13.9 Å². The standard InChI is InChI=1S/C28H27ClF4N4O5S/c1-17(30)42-23-10-18(9-21(29)13-23)19-11-25-27(34-14-19)36-8-7-35(6-5-26(38)39)15-22(36)16-37(25)43(40,41)24-4-2-3-20(12-24)28(31,32)33/h2-4,9-14,17,22H,5-8,15-16H2,1H3,(H,38,39)/t17?,22-/m0/s1. The van der Waals surface area contributed by atoms with Crippen LogP contribution in [0.3, 0.4) is 0 Å². The Labute approximate surface area is 250 Å². The molecule has 0 amide bonds. The number of hydrogen-bond donors (Lipinski definition) is 1. The van der Waals surface area contributed by atoms with Crippen LogP contribution in [-0.4, -0.2) is 74.5 Å². The van der Waals surface area contributed by atoms with Crippen molar-refractivity contribution in [2.75, 3.05) is 41.9 Å². The van der Waals surface area contributed by atoms with Gasteiger partial charge in [0.05, 0.1) is 35.2 Å². The van der Waals surface area contributed by atoms with E-state index in [-0.39, 0.29) is 36.0 Å². The van der Waals surface area contributed by atoms with E-state index in [1.54, 1.807) is 12.1 Å². The van der Waals surface area contributed by atoms with Gasteiger partial charge in [-0.05, 0) is 48.0 Å². The maximum Gasteiger partial charge on any atom is 0.416 e. The number of nitrogens with zero attached hydrogens (tertiary/aromatic N) is 4. The number of halogens is 5. The van der Waals surface area contributed by atoms with Crippen molar-refractivity contribution in [3.8, 4) is 16.9 Å². The molecule has 2 aliphatic rings. The number of ether oxygens (including phenoxy) is 1. The Hall–Kier alpha value is -3.62. The highest BCUT2D eigenvalue weighted by atomic mass is 35.5. The molecule has 15 heteroatoms. The van der Waals surface area contributed by atoms with E-state index in [4.69, 9.17) is 21.4 Å². The Morgan fingerprint density at radius 1 is 1.14 bits per heavy atom. The number of benzene rings is 2. The highest BCUT2D eigenvalue weighted by Crippen LogP contribution is 2.42. The second-order valence-corrected chi connectivity index (χ2v) is 12.6.